The van der Waals surface area contributed by atoms with Gasteiger partial charge in [-0.25, -0.2) is 9.49 Å². The van der Waals surface area contributed by atoms with Crippen molar-refractivity contribution in [3.63, 3.8) is 0 Å². The summed E-state index contributed by atoms with van der Waals surface area (Å²) in [5, 5.41) is 17.2. The molecule has 1 aliphatic rings. The molecule has 5 rings (SSSR count). The summed E-state index contributed by atoms with van der Waals surface area (Å²) in [7, 11) is 3.16. The molecule has 0 bridgehead atoms. The number of nitrogens with zero attached hydrogens (tertiary/aromatic N) is 3. The van der Waals surface area contributed by atoms with E-state index in [-0.39, 0.29) is 11.7 Å². The Kier molecular flexibility index (Phi) is 5.45. The Morgan fingerprint density at radius 1 is 1.00 bits per heavy atom. The minimum absolute atomic E-state index is 0.168. The molecule has 1 fully saturated rings. The van der Waals surface area contributed by atoms with Crippen molar-refractivity contribution in [3.05, 3.63) is 72.0 Å². The van der Waals surface area contributed by atoms with Crippen LogP contribution in [0.1, 0.15) is 18.4 Å². The summed E-state index contributed by atoms with van der Waals surface area (Å²) in [6.07, 6.45) is 1.34. The van der Waals surface area contributed by atoms with Gasteiger partial charge in [0.2, 0.25) is 5.91 Å². The van der Waals surface area contributed by atoms with Crippen molar-refractivity contribution in [2.45, 2.75) is 18.3 Å². The number of H-pyrrole nitrogens is 1. The summed E-state index contributed by atoms with van der Waals surface area (Å²) in [5.41, 5.74) is 2.96. The Bertz CT molecular complexity index is 1350. The number of amides is 1. The maximum Gasteiger partial charge on any atom is 0.235 e. The number of methoxy groups -OCH3 is 2. The van der Waals surface area contributed by atoms with Gasteiger partial charge < -0.3 is 14.8 Å². The second-order valence-corrected chi connectivity index (χ2v) is 8.13. The molecule has 8 nitrogen and oxygen atoms in total. The van der Waals surface area contributed by atoms with Gasteiger partial charge in [-0.3, -0.25) is 4.79 Å². The Morgan fingerprint density at radius 2 is 1.82 bits per heavy atom. The van der Waals surface area contributed by atoms with E-state index in [0.717, 1.165) is 11.1 Å². The number of carbonyl (C=O) groups is 1. The lowest BCUT2D eigenvalue weighted by Gasteiger charge is -2.17. The molecule has 172 valence electrons. The average molecular weight is 459 g/mol. The molecule has 4 aromatic rings. The van der Waals surface area contributed by atoms with E-state index in [1.807, 2.05) is 36.4 Å². The van der Waals surface area contributed by atoms with Gasteiger partial charge >= 0.3 is 0 Å². The highest BCUT2D eigenvalue weighted by molar-refractivity contribution is 6.02. The van der Waals surface area contributed by atoms with Crippen LogP contribution in [0.25, 0.3) is 22.5 Å². The number of nitrogens with one attached hydrogen (secondary N) is 2. The van der Waals surface area contributed by atoms with Crippen molar-refractivity contribution in [2.75, 3.05) is 19.5 Å². The summed E-state index contributed by atoms with van der Waals surface area (Å²) in [4.78, 5) is 13.2. The van der Waals surface area contributed by atoms with Crippen molar-refractivity contribution in [1.29, 1.82) is 0 Å². The van der Waals surface area contributed by atoms with Gasteiger partial charge in [-0.1, -0.05) is 24.3 Å². The van der Waals surface area contributed by atoms with Crippen molar-refractivity contribution >= 4 is 11.6 Å². The molecular weight excluding hydrogens is 437 g/mol. The van der Waals surface area contributed by atoms with Crippen LogP contribution in [-0.2, 0) is 10.2 Å². The standard InChI is InChI=1S/C25H22FN5O3/c1-33-21-9-6-15(12-22(21)34-2)19-8-7-18(14-20(19)23-28-30-31-29-23)27-24(32)25(10-11-25)16-4-3-5-17(26)13-16/h3-9,12-14H,10-11H2,1-2H3,(H,27,32)(H,28,29,30,31). The smallest absolute Gasteiger partial charge is 0.235 e. The van der Waals surface area contributed by atoms with Gasteiger partial charge in [0.25, 0.3) is 0 Å². The fourth-order valence-corrected chi connectivity index (χ4v) is 4.16. The lowest BCUT2D eigenvalue weighted by Crippen LogP contribution is -2.27. The molecule has 0 unspecified atom stereocenters. The van der Waals surface area contributed by atoms with E-state index in [1.54, 1.807) is 26.4 Å². The Labute approximate surface area is 195 Å². The molecule has 0 saturated heterocycles. The number of hydrogen-bond donors (Lipinski definition) is 2. The van der Waals surface area contributed by atoms with Crippen LogP contribution in [0.3, 0.4) is 0 Å². The average Bonchev–Trinajstić information content (AvgIpc) is 3.50. The molecule has 1 amide bonds. The molecule has 1 heterocycles. The number of rotatable bonds is 7. The number of aromatic nitrogens is 4. The largest absolute Gasteiger partial charge is 0.493 e. The predicted octanol–water partition coefficient (Wildman–Crippen LogP) is 4.36. The van der Waals surface area contributed by atoms with Gasteiger partial charge in [0.1, 0.15) is 5.82 Å². The van der Waals surface area contributed by atoms with E-state index >= 15 is 0 Å². The van der Waals surface area contributed by atoms with Crippen LogP contribution in [0.15, 0.2) is 60.7 Å². The number of ether oxygens (including phenoxy) is 2. The minimum Gasteiger partial charge on any atom is -0.493 e. The maximum atomic E-state index is 13.8. The first-order valence-corrected chi connectivity index (χ1v) is 10.7. The van der Waals surface area contributed by atoms with Crippen molar-refractivity contribution in [1.82, 2.24) is 20.6 Å². The van der Waals surface area contributed by atoms with E-state index in [4.69, 9.17) is 9.47 Å². The van der Waals surface area contributed by atoms with Gasteiger partial charge in [-0.05, 0) is 76.4 Å². The van der Waals surface area contributed by atoms with Crippen LogP contribution in [0.2, 0.25) is 0 Å². The number of benzene rings is 3. The number of anilines is 1. The SMILES string of the molecule is COc1ccc(-c2ccc(NC(=O)C3(c4cccc(F)c4)CC3)cc2-c2nnn[nH]2)cc1OC. The van der Waals surface area contributed by atoms with Crippen molar-refractivity contribution in [3.8, 4) is 34.0 Å². The van der Waals surface area contributed by atoms with Gasteiger partial charge in [0.15, 0.2) is 17.3 Å². The third kappa shape index (κ3) is 3.85. The molecule has 3 aromatic carbocycles. The highest BCUT2D eigenvalue weighted by Gasteiger charge is 2.51. The molecule has 9 heteroatoms. The third-order valence-corrected chi connectivity index (χ3v) is 6.13. The minimum atomic E-state index is -0.710. The molecule has 1 saturated carbocycles. The molecule has 0 radical (unpaired) electrons. The molecule has 2 N–H and O–H groups in total. The van der Waals surface area contributed by atoms with E-state index < -0.39 is 5.41 Å². The summed E-state index contributed by atoms with van der Waals surface area (Å²) >= 11 is 0. The van der Waals surface area contributed by atoms with Crippen LogP contribution in [0, 0.1) is 5.82 Å². The van der Waals surface area contributed by atoms with Crippen LogP contribution in [-0.4, -0.2) is 40.8 Å². The topological polar surface area (TPSA) is 102 Å². The van der Waals surface area contributed by atoms with Crippen LogP contribution in [0.5, 0.6) is 11.5 Å². The molecule has 34 heavy (non-hydrogen) atoms. The predicted molar refractivity (Wildman–Crippen MR) is 124 cm³/mol. The second kappa shape index (κ2) is 8.58. The van der Waals surface area contributed by atoms with Crippen LogP contribution >= 0.6 is 0 Å². The Balaban J connectivity index is 1.50. The Hall–Kier alpha value is -4.27. The summed E-state index contributed by atoms with van der Waals surface area (Å²) in [6.45, 7) is 0. The molecular formula is C25H22FN5O3. The zero-order valence-electron chi connectivity index (χ0n) is 18.6. The van der Waals surface area contributed by atoms with Crippen molar-refractivity contribution < 1.29 is 18.7 Å². The summed E-state index contributed by atoms with van der Waals surface area (Å²) < 4.78 is 24.5. The zero-order chi connectivity index (χ0) is 23.7. The maximum absolute atomic E-state index is 13.8. The van der Waals surface area contributed by atoms with Crippen LogP contribution < -0.4 is 14.8 Å². The normalized spacial score (nSPS) is 13.9. The van der Waals surface area contributed by atoms with Gasteiger partial charge in [-0.2, -0.15) is 0 Å². The second-order valence-electron chi connectivity index (χ2n) is 8.13. The lowest BCUT2D eigenvalue weighted by molar-refractivity contribution is -0.118. The van der Waals surface area contributed by atoms with Gasteiger partial charge in [0, 0.05) is 11.3 Å². The molecule has 0 atom stereocenters. The van der Waals surface area contributed by atoms with E-state index in [9.17, 15) is 9.18 Å². The lowest BCUT2D eigenvalue weighted by atomic mass is 9.94. The summed E-state index contributed by atoms with van der Waals surface area (Å²) in [6, 6.07) is 17.3. The molecule has 1 aromatic heterocycles. The highest BCUT2D eigenvalue weighted by atomic mass is 19.1. The van der Waals surface area contributed by atoms with Gasteiger partial charge in [-0.15, -0.1) is 5.10 Å². The first kappa shape index (κ1) is 21.6. The summed E-state index contributed by atoms with van der Waals surface area (Å²) in [5.74, 6) is 1.14. The fraction of sp³-hybridized carbons (Fsp3) is 0.200. The fourth-order valence-electron chi connectivity index (χ4n) is 4.16. The zero-order valence-corrected chi connectivity index (χ0v) is 18.6. The number of halogens is 1. The first-order chi connectivity index (χ1) is 16.5. The number of carbonyl (C=O) groups excluding carboxylic acids is 1. The van der Waals surface area contributed by atoms with E-state index in [0.29, 0.717) is 47.0 Å². The highest BCUT2D eigenvalue weighted by Crippen LogP contribution is 2.49. The van der Waals surface area contributed by atoms with Crippen molar-refractivity contribution in [2.24, 2.45) is 0 Å². The molecule has 0 spiro atoms. The number of tetrazole rings is 1. The van der Waals surface area contributed by atoms with E-state index in [1.165, 1.54) is 12.1 Å². The molecule has 1 aliphatic carbocycles. The third-order valence-electron chi connectivity index (χ3n) is 6.13. The monoisotopic (exact) mass is 459 g/mol. The number of hydrogen-bond acceptors (Lipinski definition) is 6. The number of aromatic amines is 1. The molecule has 0 aliphatic heterocycles. The Morgan fingerprint density at radius 3 is 2.50 bits per heavy atom. The first-order valence-electron chi connectivity index (χ1n) is 10.7. The van der Waals surface area contributed by atoms with E-state index in [2.05, 4.69) is 25.9 Å². The van der Waals surface area contributed by atoms with Crippen LogP contribution in [0.4, 0.5) is 10.1 Å². The quantitative estimate of drug-likeness (QED) is 0.426. The van der Waals surface area contributed by atoms with Gasteiger partial charge in [0.05, 0.1) is 19.6 Å².